The zero-order valence-electron chi connectivity index (χ0n) is 17.0. The highest BCUT2D eigenvalue weighted by molar-refractivity contribution is 7.17. The maximum atomic E-state index is 5.94. The Hall–Kier alpha value is -2.87. The Labute approximate surface area is 184 Å². The average Bonchev–Trinajstić information content (AvgIpc) is 3.48. The van der Waals surface area contributed by atoms with Crippen LogP contribution in [-0.2, 0) is 9.47 Å². The SMILES string of the molecule is c1ccc(-c2csc3nc(-c4cccnc4)nc(N4CCC5(CC4)OCCO5)c23)cc1. The molecular weight excluding hydrogens is 408 g/mol. The van der Waals surface area contributed by atoms with Gasteiger partial charge in [-0.05, 0) is 17.7 Å². The molecular formula is C24H22N4O2S. The number of hydrogen-bond donors (Lipinski definition) is 0. The van der Waals surface area contributed by atoms with Crippen LogP contribution >= 0.6 is 11.3 Å². The third-order valence-corrected chi connectivity index (χ3v) is 6.93. The van der Waals surface area contributed by atoms with Gasteiger partial charge in [0.15, 0.2) is 11.6 Å². The lowest BCUT2D eigenvalue weighted by Crippen LogP contribution is -2.45. The number of aromatic nitrogens is 3. The first-order valence-corrected chi connectivity index (χ1v) is 11.5. The minimum absolute atomic E-state index is 0.411. The van der Waals surface area contributed by atoms with Crippen molar-refractivity contribution in [3.05, 3.63) is 60.2 Å². The Morgan fingerprint density at radius 2 is 1.68 bits per heavy atom. The molecule has 6 nitrogen and oxygen atoms in total. The molecule has 4 aromatic rings. The molecule has 5 heterocycles. The van der Waals surface area contributed by atoms with Crippen molar-refractivity contribution >= 4 is 27.4 Å². The molecule has 31 heavy (non-hydrogen) atoms. The zero-order valence-corrected chi connectivity index (χ0v) is 17.8. The fourth-order valence-electron chi connectivity index (χ4n) is 4.45. The number of ether oxygens (including phenoxy) is 2. The van der Waals surface area contributed by atoms with Crippen molar-refractivity contribution < 1.29 is 9.47 Å². The van der Waals surface area contributed by atoms with E-state index in [4.69, 9.17) is 19.4 Å². The molecule has 1 aromatic carbocycles. The fraction of sp³-hybridized carbons (Fsp3) is 0.292. The summed E-state index contributed by atoms with van der Waals surface area (Å²) in [6.45, 7) is 3.04. The number of pyridine rings is 1. The molecule has 0 atom stereocenters. The van der Waals surface area contributed by atoms with Gasteiger partial charge < -0.3 is 14.4 Å². The van der Waals surface area contributed by atoms with Gasteiger partial charge in [0.2, 0.25) is 0 Å². The monoisotopic (exact) mass is 430 g/mol. The minimum atomic E-state index is -0.411. The number of piperidine rings is 1. The maximum absolute atomic E-state index is 5.94. The van der Waals surface area contributed by atoms with Gasteiger partial charge in [0, 0.05) is 54.8 Å². The molecule has 0 amide bonds. The topological polar surface area (TPSA) is 60.4 Å². The summed E-state index contributed by atoms with van der Waals surface area (Å²) in [6, 6.07) is 14.4. The van der Waals surface area contributed by atoms with Crippen molar-refractivity contribution in [2.75, 3.05) is 31.2 Å². The van der Waals surface area contributed by atoms with Crippen LogP contribution in [0.25, 0.3) is 32.7 Å². The zero-order chi connectivity index (χ0) is 20.7. The molecule has 2 aliphatic heterocycles. The second-order valence-corrected chi connectivity index (χ2v) is 8.76. The first-order chi connectivity index (χ1) is 15.3. The lowest BCUT2D eigenvalue weighted by atomic mass is 10.0. The van der Waals surface area contributed by atoms with Gasteiger partial charge in [0.1, 0.15) is 10.6 Å². The van der Waals surface area contributed by atoms with Crippen molar-refractivity contribution in [2.45, 2.75) is 18.6 Å². The molecule has 0 saturated carbocycles. The van der Waals surface area contributed by atoms with Crippen molar-refractivity contribution in [1.29, 1.82) is 0 Å². The standard InChI is InChI=1S/C24H22N4O2S/c1-2-5-17(6-3-1)19-16-31-23-20(19)22(26-21(27-23)18-7-4-10-25-15-18)28-11-8-24(9-12-28)29-13-14-30-24/h1-7,10,15-16H,8-9,11-14H2. The van der Waals surface area contributed by atoms with E-state index in [0.717, 1.165) is 47.5 Å². The molecule has 0 aliphatic carbocycles. The van der Waals surface area contributed by atoms with E-state index in [0.29, 0.717) is 19.0 Å². The van der Waals surface area contributed by atoms with E-state index in [1.54, 1.807) is 17.5 Å². The first kappa shape index (κ1) is 18.9. The number of fused-ring (bicyclic) bond motifs is 1. The molecule has 0 unspecified atom stereocenters. The second kappa shape index (κ2) is 7.67. The van der Waals surface area contributed by atoms with Crippen LogP contribution in [-0.4, -0.2) is 47.0 Å². The molecule has 2 aliphatic rings. The second-order valence-electron chi connectivity index (χ2n) is 7.90. The summed E-state index contributed by atoms with van der Waals surface area (Å²) in [5.41, 5.74) is 3.29. The number of nitrogens with zero attached hydrogens (tertiary/aromatic N) is 4. The normalized spacial score (nSPS) is 18.1. The molecule has 156 valence electrons. The molecule has 6 rings (SSSR count). The summed E-state index contributed by atoms with van der Waals surface area (Å²) in [4.78, 5) is 17.6. The number of thiophene rings is 1. The van der Waals surface area contributed by atoms with Crippen LogP contribution in [0.2, 0.25) is 0 Å². The summed E-state index contributed by atoms with van der Waals surface area (Å²) in [6.07, 6.45) is 5.27. The van der Waals surface area contributed by atoms with Gasteiger partial charge in [-0.25, -0.2) is 9.97 Å². The lowest BCUT2D eigenvalue weighted by molar-refractivity contribution is -0.169. The summed E-state index contributed by atoms with van der Waals surface area (Å²) in [7, 11) is 0. The van der Waals surface area contributed by atoms with Gasteiger partial charge in [-0.3, -0.25) is 4.98 Å². The summed E-state index contributed by atoms with van der Waals surface area (Å²) in [5, 5.41) is 3.31. The number of benzene rings is 1. The Balaban J connectivity index is 1.47. The van der Waals surface area contributed by atoms with Crippen LogP contribution in [0.15, 0.2) is 60.2 Å². The van der Waals surface area contributed by atoms with Crippen molar-refractivity contribution in [2.24, 2.45) is 0 Å². The molecule has 0 radical (unpaired) electrons. The van der Waals surface area contributed by atoms with Crippen LogP contribution in [0.3, 0.4) is 0 Å². The Morgan fingerprint density at radius 3 is 2.42 bits per heavy atom. The Bertz CT molecular complexity index is 1200. The first-order valence-electron chi connectivity index (χ1n) is 10.6. The van der Waals surface area contributed by atoms with Gasteiger partial charge >= 0.3 is 0 Å². The predicted octanol–water partition coefficient (Wildman–Crippen LogP) is 4.76. The van der Waals surface area contributed by atoms with Crippen LogP contribution < -0.4 is 4.90 Å². The highest BCUT2D eigenvalue weighted by atomic mass is 32.1. The fourth-order valence-corrected chi connectivity index (χ4v) is 5.39. The van der Waals surface area contributed by atoms with Crippen LogP contribution in [0, 0.1) is 0 Å². The van der Waals surface area contributed by atoms with Gasteiger partial charge in [-0.1, -0.05) is 30.3 Å². The smallest absolute Gasteiger partial charge is 0.171 e. The Morgan fingerprint density at radius 1 is 0.903 bits per heavy atom. The maximum Gasteiger partial charge on any atom is 0.171 e. The van der Waals surface area contributed by atoms with E-state index in [1.807, 2.05) is 24.4 Å². The van der Waals surface area contributed by atoms with Crippen LogP contribution in [0.4, 0.5) is 5.82 Å². The minimum Gasteiger partial charge on any atom is -0.356 e. The quantitative estimate of drug-likeness (QED) is 0.467. The summed E-state index contributed by atoms with van der Waals surface area (Å²) >= 11 is 1.67. The van der Waals surface area contributed by atoms with Gasteiger partial charge in [0.25, 0.3) is 0 Å². The van der Waals surface area contributed by atoms with E-state index in [2.05, 4.69) is 39.5 Å². The molecule has 7 heteroatoms. The van der Waals surface area contributed by atoms with Crippen molar-refractivity contribution in [1.82, 2.24) is 15.0 Å². The van der Waals surface area contributed by atoms with Gasteiger partial charge in [-0.2, -0.15) is 0 Å². The molecule has 0 N–H and O–H groups in total. The highest BCUT2D eigenvalue weighted by Crippen LogP contribution is 2.41. The molecule has 2 fully saturated rings. The molecule has 3 aromatic heterocycles. The van der Waals surface area contributed by atoms with E-state index in [9.17, 15) is 0 Å². The predicted molar refractivity (Wildman–Crippen MR) is 122 cm³/mol. The number of hydrogen-bond acceptors (Lipinski definition) is 7. The summed E-state index contributed by atoms with van der Waals surface area (Å²) in [5.74, 6) is 1.29. The number of anilines is 1. The largest absolute Gasteiger partial charge is 0.356 e. The molecule has 0 bridgehead atoms. The lowest BCUT2D eigenvalue weighted by Gasteiger charge is -2.38. The van der Waals surface area contributed by atoms with E-state index in [1.165, 1.54) is 11.1 Å². The van der Waals surface area contributed by atoms with Crippen LogP contribution in [0.1, 0.15) is 12.8 Å². The number of rotatable bonds is 3. The average molecular weight is 431 g/mol. The Kier molecular flexibility index (Phi) is 4.67. The van der Waals surface area contributed by atoms with E-state index >= 15 is 0 Å². The molecule has 2 saturated heterocycles. The molecule has 1 spiro atoms. The van der Waals surface area contributed by atoms with Crippen molar-refractivity contribution in [3.8, 4) is 22.5 Å². The van der Waals surface area contributed by atoms with Crippen LogP contribution in [0.5, 0.6) is 0 Å². The third-order valence-electron chi connectivity index (χ3n) is 6.06. The summed E-state index contributed by atoms with van der Waals surface area (Å²) < 4.78 is 11.9. The highest BCUT2D eigenvalue weighted by Gasteiger charge is 2.40. The van der Waals surface area contributed by atoms with Crippen molar-refractivity contribution in [3.63, 3.8) is 0 Å². The third kappa shape index (κ3) is 3.39. The van der Waals surface area contributed by atoms with E-state index in [-0.39, 0.29) is 0 Å². The van der Waals surface area contributed by atoms with Gasteiger partial charge in [-0.15, -0.1) is 11.3 Å². The van der Waals surface area contributed by atoms with Gasteiger partial charge in [0.05, 0.1) is 18.6 Å². The van der Waals surface area contributed by atoms with E-state index < -0.39 is 5.79 Å².